The fraction of sp³-hybridized carbons (Fsp3) is 0.357. The molecule has 3 nitrogen and oxygen atoms in total. The van der Waals surface area contributed by atoms with E-state index in [1.54, 1.807) is 6.92 Å². The number of nitrogens with one attached hydrogen (secondary N) is 1. The first kappa shape index (κ1) is 11.9. The van der Waals surface area contributed by atoms with Crippen molar-refractivity contribution in [3.63, 3.8) is 0 Å². The van der Waals surface area contributed by atoms with Crippen LogP contribution in [0, 0.1) is 6.92 Å². The Bertz CT molecular complexity index is 509. The maximum absolute atomic E-state index is 9.25. The van der Waals surface area contributed by atoms with Crippen LogP contribution in [0.15, 0.2) is 30.3 Å². The summed E-state index contributed by atoms with van der Waals surface area (Å²) in [4.78, 5) is 4.49. The van der Waals surface area contributed by atoms with Gasteiger partial charge in [-0.15, -0.1) is 0 Å². The van der Waals surface area contributed by atoms with E-state index in [-0.39, 0.29) is 6.10 Å². The van der Waals surface area contributed by atoms with Crippen LogP contribution in [-0.4, -0.2) is 22.7 Å². The van der Waals surface area contributed by atoms with Gasteiger partial charge in [0.05, 0.1) is 11.6 Å². The van der Waals surface area contributed by atoms with Gasteiger partial charge in [0.1, 0.15) is 0 Å². The lowest BCUT2D eigenvalue weighted by atomic mass is 10.1. The predicted octanol–water partition coefficient (Wildman–Crippen LogP) is 2.73. The van der Waals surface area contributed by atoms with Gasteiger partial charge in [0.2, 0.25) is 0 Å². The third-order valence-electron chi connectivity index (χ3n) is 2.72. The number of para-hydroxylation sites is 1. The Morgan fingerprint density at radius 3 is 2.88 bits per heavy atom. The fourth-order valence-electron chi connectivity index (χ4n) is 1.87. The molecule has 90 valence electrons. The highest BCUT2D eigenvalue weighted by molar-refractivity contribution is 5.91. The monoisotopic (exact) mass is 230 g/mol. The van der Waals surface area contributed by atoms with Gasteiger partial charge in [-0.1, -0.05) is 18.2 Å². The zero-order valence-electron chi connectivity index (χ0n) is 10.3. The van der Waals surface area contributed by atoms with Crippen molar-refractivity contribution in [3.8, 4) is 0 Å². The number of benzene rings is 1. The highest BCUT2D eigenvalue weighted by atomic mass is 16.3. The molecular weight excluding hydrogens is 212 g/mol. The topological polar surface area (TPSA) is 45.1 Å². The Morgan fingerprint density at radius 1 is 1.35 bits per heavy atom. The molecule has 1 heterocycles. The second-order valence-corrected chi connectivity index (χ2v) is 4.39. The number of aromatic nitrogens is 1. The number of hydrogen-bond donors (Lipinski definition) is 2. The van der Waals surface area contributed by atoms with E-state index in [0.717, 1.165) is 35.2 Å². The Balaban J connectivity index is 2.26. The van der Waals surface area contributed by atoms with E-state index in [1.807, 2.05) is 31.2 Å². The quantitative estimate of drug-likeness (QED) is 0.849. The molecule has 2 rings (SSSR count). The van der Waals surface area contributed by atoms with Crippen LogP contribution in [0.2, 0.25) is 0 Å². The molecule has 0 aliphatic heterocycles. The standard InChI is InChI=1S/C14H18N2O/c1-10-9-14(15-8-7-11(2)17)12-5-3-4-6-13(12)16-10/h3-6,9,11,17H,7-8H2,1-2H3,(H,15,16). The summed E-state index contributed by atoms with van der Waals surface area (Å²) in [6.07, 6.45) is 0.479. The zero-order chi connectivity index (χ0) is 12.3. The van der Waals surface area contributed by atoms with Crippen LogP contribution in [0.25, 0.3) is 10.9 Å². The molecule has 1 aromatic carbocycles. The highest BCUT2D eigenvalue weighted by Gasteiger charge is 2.03. The number of fused-ring (bicyclic) bond motifs is 1. The number of anilines is 1. The van der Waals surface area contributed by atoms with Gasteiger partial charge in [-0.2, -0.15) is 0 Å². The van der Waals surface area contributed by atoms with Crippen molar-refractivity contribution < 1.29 is 5.11 Å². The summed E-state index contributed by atoms with van der Waals surface area (Å²) in [6, 6.07) is 10.1. The van der Waals surface area contributed by atoms with E-state index in [4.69, 9.17) is 0 Å². The first-order valence-electron chi connectivity index (χ1n) is 5.95. The van der Waals surface area contributed by atoms with Crippen LogP contribution >= 0.6 is 0 Å². The van der Waals surface area contributed by atoms with Crippen LogP contribution < -0.4 is 5.32 Å². The minimum Gasteiger partial charge on any atom is -0.393 e. The maximum Gasteiger partial charge on any atom is 0.0725 e. The largest absolute Gasteiger partial charge is 0.393 e. The lowest BCUT2D eigenvalue weighted by molar-refractivity contribution is 0.189. The molecule has 2 N–H and O–H groups in total. The number of rotatable bonds is 4. The van der Waals surface area contributed by atoms with Crippen LogP contribution in [0.5, 0.6) is 0 Å². The smallest absolute Gasteiger partial charge is 0.0725 e. The van der Waals surface area contributed by atoms with Gasteiger partial charge in [-0.3, -0.25) is 4.98 Å². The fourth-order valence-corrected chi connectivity index (χ4v) is 1.87. The summed E-state index contributed by atoms with van der Waals surface area (Å²) in [7, 11) is 0. The molecule has 0 aliphatic carbocycles. The average Bonchev–Trinajstić information content (AvgIpc) is 2.28. The van der Waals surface area contributed by atoms with Crippen molar-refractivity contribution in [2.24, 2.45) is 0 Å². The Labute approximate surface area is 102 Å². The Kier molecular flexibility index (Phi) is 3.59. The van der Waals surface area contributed by atoms with Crippen LogP contribution in [0.1, 0.15) is 19.0 Å². The van der Waals surface area contributed by atoms with Crippen molar-refractivity contribution in [1.29, 1.82) is 0 Å². The molecule has 17 heavy (non-hydrogen) atoms. The second kappa shape index (κ2) is 5.15. The first-order valence-corrected chi connectivity index (χ1v) is 5.95. The van der Waals surface area contributed by atoms with Gasteiger partial charge in [-0.05, 0) is 32.4 Å². The Hall–Kier alpha value is -1.61. The number of aliphatic hydroxyl groups is 1. The van der Waals surface area contributed by atoms with Crippen LogP contribution in [-0.2, 0) is 0 Å². The summed E-state index contributed by atoms with van der Waals surface area (Å²) in [5, 5.41) is 13.7. The lowest BCUT2D eigenvalue weighted by Crippen LogP contribution is -2.10. The number of aliphatic hydroxyl groups excluding tert-OH is 1. The Morgan fingerprint density at radius 2 is 2.12 bits per heavy atom. The van der Waals surface area contributed by atoms with Crippen molar-refractivity contribution in [3.05, 3.63) is 36.0 Å². The second-order valence-electron chi connectivity index (χ2n) is 4.39. The molecule has 0 radical (unpaired) electrons. The highest BCUT2D eigenvalue weighted by Crippen LogP contribution is 2.22. The molecule has 0 bridgehead atoms. The molecule has 0 fully saturated rings. The van der Waals surface area contributed by atoms with E-state index in [9.17, 15) is 5.11 Å². The van der Waals surface area contributed by atoms with E-state index in [0.29, 0.717) is 0 Å². The molecule has 0 saturated carbocycles. The summed E-state index contributed by atoms with van der Waals surface area (Å²) in [5.74, 6) is 0. The molecule has 3 heteroatoms. The van der Waals surface area contributed by atoms with Crippen molar-refractivity contribution in [1.82, 2.24) is 4.98 Å². The van der Waals surface area contributed by atoms with Crippen molar-refractivity contribution in [2.75, 3.05) is 11.9 Å². The van der Waals surface area contributed by atoms with Crippen molar-refractivity contribution >= 4 is 16.6 Å². The number of aryl methyl sites for hydroxylation is 1. The van der Waals surface area contributed by atoms with Gasteiger partial charge >= 0.3 is 0 Å². The molecule has 0 amide bonds. The lowest BCUT2D eigenvalue weighted by Gasteiger charge is -2.11. The molecule has 1 unspecified atom stereocenters. The predicted molar refractivity (Wildman–Crippen MR) is 71.3 cm³/mol. The summed E-state index contributed by atoms with van der Waals surface area (Å²) in [5.41, 5.74) is 3.10. The van der Waals surface area contributed by atoms with E-state index in [2.05, 4.69) is 16.4 Å². The zero-order valence-corrected chi connectivity index (χ0v) is 10.3. The van der Waals surface area contributed by atoms with Crippen LogP contribution in [0.3, 0.4) is 0 Å². The molecule has 1 atom stereocenters. The number of pyridine rings is 1. The van der Waals surface area contributed by atoms with E-state index >= 15 is 0 Å². The number of nitrogens with zero attached hydrogens (tertiary/aromatic N) is 1. The summed E-state index contributed by atoms with van der Waals surface area (Å²) >= 11 is 0. The van der Waals surface area contributed by atoms with Gasteiger partial charge in [-0.25, -0.2) is 0 Å². The maximum atomic E-state index is 9.25. The third kappa shape index (κ3) is 2.94. The molecular formula is C14H18N2O. The van der Waals surface area contributed by atoms with E-state index < -0.39 is 0 Å². The minimum atomic E-state index is -0.267. The van der Waals surface area contributed by atoms with Crippen LogP contribution in [0.4, 0.5) is 5.69 Å². The first-order chi connectivity index (χ1) is 8.16. The third-order valence-corrected chi connectivity index (χ3v) is 2.72. The molecule has 0 aliphatic rings. The minimum absolute atomic E-state index is 0.267. The molecule has 1 aromatic heterocycles. The molecule has 0 spiro atoms. The summed E-state index contributed by atoms with van der Waals surface area (Å²) in [6.45, 7) is 4.56. The average molecular weight is 230 g/mol. The van der Waals surface area contributed by atoms with Crippen molar-refractivity contribution in [2.45, 2.75) is 26.4 Å². The molecule has 2 aromatic rings. The SMILES string of the molecule is Cc1cc(NCCC(C)O)c2ccccc2n1. The number of hydrogen-bond acceptors (Lipinski definition) is 3. The van der Waals surface area contributed by atoms with Gasteiger partial charge in [0.25, 0.3) is 0 Å². The van der Waals surface area contributed by atoms with Gasteiger partial charge < -0.3 is 10.4 Å². The van der Waals surface area contributed by atoms with Gasteiger partial charge in [0, 0.05) is 23.3 Å². The van der Waals surface area contributed by atoms with Gasteiger partial charge in [0.15, 0.2) is 0 Å². The molecule has 0 saturated heterocycles. The normalized spacial score (nSPS) is 12.6. The summed E-state index contributed by atoms with van der Waals surface area (Å²) < 4.78 is 0. The van der Waals surface area contributed by atoms with E-state index in [1.165, 1.54) is 0 Å².